The molecule has 2 aromatic rings. The van der Waals surface area contributed by atoms with Crippen LogP contribution in [0.1, 0.15) is 21.5 Å². The van der Waals surface area contributed by atoms with E-state index in [1.807, 2.05) is 31.2 Å². The summed E-state index contributed by atoms with van der Waals surface area (Å²) in [5, 5.41) is 2.70. The molecule has 0 bridgehead atoms. The quantitative estimate of drug-likeness (QED) is 0.625. The molecule has 0 aliphatic carbocycles. The number of carbonyl (C=O) groups is 3. The van der Waals surface area contributed by atoms with E-state index in [2.05, 4.69) is 10.1 Å². The van der Waals surface area contributed by atoms with E-state index >= 15 is 0 Å². The molecule has 0 atom stereocenters. The summed E-state index contributed by atoms with van der Waals surface area (Å²) < 4.78 is 4.65. The number of anilines is 1. The maximum Gasteiger partial charge on any atom is 0.337 e. The van der Waals surface area contributed by atoms with Gasteiger partial charge in [0, 0.05) is 5.69 Å². The molecule has 1 aliphatic heterocycles. The number of nitrogens with one attached hydrogen (secondary N) is 1. The molecule has 7 heteroatoms. The minimum absolute atomic E-state index is 0.0490. The first-order chi connectivity index (χ1) is 13.0. The molecule has 2 aromatic carbocycles. The number of nitrogens with zero attached hydrogens (tertiary/aromatic N) is 1. The predicted molar refractivity (Wildman–Crippen MR) is 105 cm³/mol. The average molecular weight is 382 g/mol. The Bertz CT molecular complexity index is 922. The van der Waals surface area contributed by atoms with Gasteiger partial charge in [0.15, 0.2) is 0 Å². The number of rotatable bonds is 5. The van der Waals surface area contributed by atoms with Gasteiger partial charge in [-0.3, -0.25) is 14.5 Å². The molecular formula is C20H18N2O4S. The van der Waals surface area contributed by atoms with Crippen LogP contribution in [0.25, 0.3) is 6.08 Å². The minimum Gasteiger partial charge on any atom is -0.465 e. The van der Waals surface area contributed by atoms with Crippen molar-refractivity contribution in [1.29, 1.82) is 0 Å². The van der Waals surface area contributed by atoms with Crippen LogP contribution in [0.4, 0.5) is 10.5 Å². The van der Waals surface area contributed by atoms with Crippen LogP contribution in [0.15, 0.2) is 53.4 Å². The molecule has 6 nitrogen and oxygen atoms in total. The Labute approximate surface area is 161 Å². The minimum atomic E-state index is -0.422. The third-order valence-electron chi connectivity index (χ3n) is 4.10. The van der Waals surface area contributed by atoms with E-state index in [0.717, 1.165) is 27.8 Å². The number of aryl methyl sites for hydroxylation is 1. The summed E-state index contributed by atoms with van der Waals surface area (Å²) in [6, 6.07) is 14.3. The van der Waals surface area contributed by atoms with Crippen molar-refractivity contribution in [3.05, 3.63) is 70.1 Å². The van der Waals surface area contributed by atoms with E-state index in [1.54, 1.807) is 30.3 Å². The summed E-state index contributed by atoms with van der Waals surface area (Å²) in [5.41, 5.74) is 3.06. The maximum absolute atomic E-state index is 12.5. The second kappa shape index (κ2) is 8.09. The first-order valence-corrected chi connectivity index (χ1v) is 9.04. The van der Waals surface area contributed by atoms with Gasteiger partial charge in [0.1, 0.15) is 0 Å². The fourth-order valence-corrected chi connectivity index (χ4v) is 3.37. The third kappa shape index (κ3) is 4.20. The van der Waals surface area contributed by atoms with Gasteiger partial charge >= 0.3 is 5.97 Å². The zero-order valence-electron chi connectivity index (χ0n) is 14.9. The highest BCUT2D eigenvalue weighted by Crippen LogP contribution is 2.32. The van der Waals surface area contributed by atoms with Crippen LogP contribution in [0.5, 0.6) is 0 Å². The second-order valence-electron chi connectivity index (χ2n) is 5.87. The standard InChI is InChI=1S/C20H18N2O4S/c1-13-5-3-4-6-15(13)11-17-18(23)22(20(25)27-17)12-21-16-9-7-14(8-10-16)19(24)26-2/h3-11,21H,12H2,1-2H3. The number of carbonyl (C=O) groups excluding carboxylic acids is 3. The van der Waals surface area contributed by atoms with Crippen LogP contribution in [0, 0.1) is 6.92 Å². The molecule has 0 spiro atoms. The van der Waals surface area contributed by atoms with E-state index in [1.165, 1.54) is 7.11 Å². The van der Waals surface area contributed by atoms with Crippen molar-refractivity contribution in [2.24, 2.45) is 0 Å². The molecular weight excluding hydrogens is 364 g/mol. The number of esters is 1. The molecule has 27 heavy (non-hydrogen) atoms. The topological polar surface area (TPSA) is 75.7 Å². The zero-order valence-corrected chi connectivity index (χ0v) is 15.7. The number of thioether (sulfide) groups is 1. The number of hydrogen-bond acceptors (Lipinski definition) is 6. The number of amides is 2. The SMILES string of the molecule is COC(=O)c1ccc(NCN2C(=O)SC(=Cc3ccccc3C)C2=O)cc1. The predicted octanol–water partition coefficient (Wildman–Crippen LogP) is 3.89. The highest BCUT2D eigenvalue weighted by molar-refractivity contribution is 8.18. The Morgan fingerprint density at radius 2 is 1.85 bits per heavy atom. The van der Waals surface area contributed by atoms with Crippen molar-refractivity contribution in [3.63, 3.8) is 0 Å². The first kappa shape index (κ1) is 18.7. The van der Waals surface area contributed by atoms with Crippen LogP contribution in [-0.4, -0.2) is 35.8 Å². The van der Waals surface area contributed by atoms with E-state index in [9.17, 15) is 14.4 Å². The normalized spacial score (nSPS) is 15.3. The lowest BCUT2D eigenvalue weighted by Gasteiger charge is -2.14. The molecule has 1 saturated heterocycles. The van der Waals surface area contributed by atoms with Crippen molar-refractivity contribution < 1.29 is 19.1 Å². The van der Waals surface area contributed by atoms with E-state index in [-0.39, 0.29) is 17.8 Å². The van der Waals surface area contributed by atoms with Crippen molar-refractivity contribution in [2.75, 3.05) is 19.1 Å². The maximum atomic E-state index is 12.5. The monoisotopic (exact) mass is 382 g/mol. The van der Waals surface area contributed by atoms with Gasteiger partial charge in [0.2, 0.25) is 0 Å². The lowest BCUT2D eigenvalue weighted by Crippen LogP contribution is -2.33. The largest absolute Gasteiger partial charge is 0.465 e. The lowest BCUT2D eigenvalue weighted by molar-refractivity contribution is -0.122. The molecule has 1 N–H and O–H groups in total. The number of benzene rings is 2. The molecule has 1 heterocycles. The van der Waals surface area contributed by atoms with Gasteiger partial charge in [0.25, 0.3) is 11.1 Å². The Hall–Kier alpha value is -3.06. The van der Waals surface area contributed by atoms with Crippen LogP contribution in [0.3, 0.4) is 0 Å². The summed E-state index contributed by atoms with van der Waals surface area (Å²) in [4.78, 5) is 37.7. The number of methoxy groups -OCH3 is 1. The molecule has 1 aliphatic rings. The molecule has 2 amide bonds. The lowest BCUT2D eigenvalue weighted by atomic mass is 10.1. The summed E-state index contributed by atoms with van der Waals surface area (Å²) in [6.07, 6.45) is 1.74. The number of imide groups is 1. The summed E-state index contributed by atoms with van der Waals surface area (Å²) in [6.45, 7) is 2.00. The highest BCUT2D eigenvalue weighted by atomic mass is 32.2. The van der Waals surface area contributed by atoms with E-state index < -0.39 is 5.97 Å². The number of hydrogen-bond donors (Lipinski definition) is 1. The molecule has 138 valence electrons. The Kier molecular flexibility index (Phi) is 5.61. The van der Waals surface area contributed by atoms with Crippen molar-refractivity contribution >= 4 is 40.6 Å². The van der Waals surface area contributed by atoms with Gasteiger partial charge in [-0.25, -0.2) is 4.79 Å². The van der Waals surface area contributed by atoms with Crippen molar-refractivity contribution in [2.45, 2.75) is 6.92 Å². The van der Waals surface area contributed by atoms with Gasteiger partial charge in [-0.05, 0) is 60.2 Å². The average Bonchev–Trinajstić information content (AvgIpc) is 2.94. The second-order valence-corrected chi connectivity index (χ2v) is 6.86. The molecule has 0 saturated carbocycles. The van der Waals surface area contributed by atoms with Crippen LogP contribution >= 0.6 is 11.8 Å². The van der Waals surface area contributed by atoms with E-state index in [0.29, 0.717) is 16.2 Å². The molecule has 0 unspecified atom stereocenters. The summed E-state index contributed by atoms with van der Waals surface area (Å²) in [5.74, 6) is -0.749. The highest BCUT2D eigenvalue weighted by Gasteiger charge is 2.34. The molecule has 0 radical (unpaired) electrons. The van der Waals surface area contributed by atoms with Crippen molar-refractivity contribution in [3.8, 4) is 0 Å². The molecule has 1 fully saturated rings. The van der Waals surface area contributed by atoms with Crippen LogP contribution in [-0.2, 0) is 9.53 Å². The summed E-state index contributed by atoms with van der Waals surface area (Å²) in [7, 11) is 1.32. The Morgan fingerprint density at radius 3 is 2.52 bits per heavy atom. The third-order valence-corrected chi connectivity index (χ3v) is 5.00. The van der Waals surface area contributed by atoms with Crippen LogP contribution in [0.2, 0.25) is 0 Å². The molecule has 0 aromatic heterocycles. The van der Waals surface area contributed by atoms with Gasteiger partial charge in [-0.15, -0.1) is 0 Å². The van der Waals surface area contributed by atoms with Gasteiger partial charge in [0.05, 0.1) is 24.2 Å². The Morgan fingerprint density at radius 1 is 1.15 bits per heavy atom. The van der Waals surface area contributed by atoms with E-state index in [4.69, 9.17) is 0 Å². The summed E-state index contributed by atoms with van der Waals surface area (Å²) >= 11 is 0.927. The zero-order chi connectivity index (χ0) is 19.4. The number of ether oxygens (including phenoxy) is 1. The van der Waals surface area contributed by atoms with Gasteiger partial charge < -0.3 is 10.1 Å². The molecule has 3 rings (SSSR count). The fraction of sp³-hybridized carbons (Fsp3) is 0.150. The van der Waals surface area contributed by atoms with Gasteiger partial charge in [-0.1, -0.05) is 24.3 Å². The smallest absolute Gasteiger partial charge is 0.337 e. The fourth-order valence-electron chi connectivity index (χ4n) is 2.54. The van der Waals surface area contributed by atoms with Gasteiger partial charge in [-0.2, -0.15) is 0 Å². The van der Waals surface area contributed by atoms with Crippen LogP contribution < -0.4 is 5.32 Å². The first-order valence-electron chi connectivity index (χ1n) is 8.23. The Balaban J connectivity index is 1.67. The van der Waals surface area contributed by atoms with Crippen molar-refractivity contribution in [1.82, 2.24) is 4.90 Å².